The number of hydrogen-bond donors (Lipinski definition) is 0. The van der Waals surface area contributed by atoms with Crippen molar-refractivity contribution in [3.05, 3.63) is 11.6 Å². The lowest BCUT2D eigenvalue weighted by Crippen LogP contribution is -2.52. The van der Waals surface area contributed by atoms with E-state index in [9.17, 15) is 0 Å². The lowest BCUT2D eigenvalue weighted by atomic mass is 9.47. The molecule has 0 radical (unpaired) electrons. The quantitative estimate of drug-likeness (QED) is 0.622. The normalized spacial score (nSPS) is 53.7. The van der Waals surface area contributed by atoms with Crippen LogP contribution in [-0.2, 0) is 0 Å². The van der Waals surface area contributed by atoms with E-state index in [0.29, 0.717) is 10.8 Å². The van der Waals surface area contributed by atoms with Gasteiger partial charge in [0.1, 0.15) is 0 Å². The molecule has 0 bridgehead atoms. The van der Waals surface area contributed by atoms with Crippen molar-refractivity contribution in [2.75, 3.05) is 27.7 Å². The van der Waals surface area contributed by atoms with Gasteiger partial charge in [0, 0.05) is 18.6 Å². The monoisotopic (exact) mass is 356 g/mol. The highest BCUT2D eigenvalue weighted by atomic mass is 15.2. The van der Waals surface area contributed by atoms with Crippen LogP contribution in [0.25, 0.3) is 0 Å². The standard InChI is InChI=1S/C24H40N2/c1-16-20-8-9-22-19-7-6-17-14-18(25(3)4)10-12-23(17,2)21(19)11-13-24(20,22)15-26(16)5/h6,16,18-22H,7-15H2,1-5H3/t16-,18-,19+,20-,21-,22+,23-,24+/m0/s1. The zero-order valence-corrected chi connectivity index (χ0v) is 17.8. The van der Waals surface area contributed by atoms with Crippen LogP contribution in [0, 0.1) is 34.5 Å². The minimum absolute atomic E-state index is 0.519. The van der Waals surface area contributed by atoms with Gasteiger partial charge in [0.2, 0.25) is 0 Å². The first-order valence-electron chi connectivity index (χ1n) is 11.4. The van der Waals surface area contributed by atoms with E-state index in [4.69, 9.17) is 0 Å². The molecule has 26 heavy (non-hydrogen) atoms. The predicted molar refractivity (Wildman–Crippen MR) is 109 cm³/mol. The third-order valence-corrected chi connectivity index (χ3v) is 10.4. The van der Waals surface area contributed by atoms with Crippen molar-refractivity contribution in [2.45, 2.75) is 77.3 Å². The molecule has 1 spiro atoms. The third-order valence-electron chi connectivity index (χ3n) is 10.4. The van der Waals surface area contributed by atoms with Gasteiger partial charge in [-0.3, -0.25) is 0 Å². The fraction of sp³-hybridized carbons (Fsp3) is 0.917. The van der Waals surface area contributed by atoms with Crippen LogP contribution in [0.1, 0.15) is 65.2 Å². The fourth-order valence-electron chi connectivity index (χ4n) is 8.88. The molecule has 3 saturated carbocycles. The smallest absolute Gasteiger partial charge is 0.0127 e. The van der Waals surface area contributed by atoms with Gasteiger partial charge < -0.3 is 9.80 Å². The molecule has 8 atom stereocenters. The minimum atomic E-state index is 0.519. The maximum atomic E-state index is 2.74. The molecular formula is C24H40N2. The highest BCUT2D eigenvalue weighted by Gasteiger charge is 2.63. The van der Waals surface area contributed by atoms with E-state index in [1.54, 1.807) is 0 Å². The lowest BCUT2D eigenvalue weighted by Gasteiger charge is -2.58. The summed E-state index contributed by atoms with van der Waals surface area (Å²) in [5.74, 6) is 3.96. The van der Waals surface area contributed by atoms with Gasteiger partial charge in [0.05, 0.1) is 0 Å². The number of likely N-dealkylation sites (tertiary alicyclic amines) is 1. The van der Waals surface area contributed by atoms with Crippen LogP contribution in [0.5, 0.6) is 0 Å². The zero-order chi connectivity index (χ0) is 18.3. The van der Waals surface area contributed by atoms with Crippen LogP contribution in [0.4, 0.5) is 0 Å². The molecule has 1 aliphatic heterocycles. The molecule has 5 aliphatic rings. The molecule has 0 aromatic rings. The summed E-state index contributed by atoms with van der Waals surface area (Å²) in [6, 6.07) is 1.60. The van der Waals surface area contributed by atoms with Crippen LogP contribution in [0.3, 0.4) is 0 Å². The largest absolute Gasteiger partial charge is 0.306 e. The van der Waals surface area contributed by atoms with Gasteiger partial charge >= 0.3 is 0 Å². The molecule has 0 aromatic heterocycles. The van der Waals surface area contributed by atoms with Crippen LogP contribution in [-0.4, -0.2) is 49.6 Å². The Labute approximate surface area is 161 Å². The van der Waals surface area contributed by atoms with Gasteiger partial charge in [-0.05, 0) is 114 Å². The first-order valence-corrected chi connectivity index (χ1v) is 11.4. The summed E-state index contributed by atoms with van der Waals surface area (Å²) in [4.78, 5) is 5.17. The van der Waals surface area contributed by atoms with E-state index < -0.39 is 0 Å². The average molecular weight is 357 g/mol. The van der Waals surface area contributed by atoms with Gasteiger partial charge in [-0.2, -0.15) is 0 Å². The summed E-state index contributed by atoms with van der Waals surface area (Å²) in [7, 11) is 6.95. The topological polar surface area (TPSA) is 6.48 Å². The fourth-order valence-corrected chi connectivity index (χ4v) is 8.88. The molecule has 0 N–H and O–H groups in total. The second-order valence-electron chi connectivity index (χ2n) is 11.2. The van der Waals surface area contributed by atoms with Crippen molar-refractivity contribution in [3.8, 4) is 0 Å². The van der Waals surface area contributed by atoms with Crippen LogP contribution >= 0.6 is 0 Å². The van der Waals surface area contributed by atoms with Crippen molar-refractivity contribution < 1.29 is 0 Å². The second kappa shape index (κ2) is 5.83. The summed E-state index contributed by atoms with van der Waals surface area (Å²) in [5.41, 5.74) is 3.04. The molecule has 146 valence electrons. The second-order valence-corrected chi connectivity index (χ2v) is 11.2. The Morgan fingerprint density at radius 1 is 1.04 bits per heavy atom. The molecule has 0 aromatic carbocycles. The highest BCUT2D eigenvalue weighted by Crippen LogP contribution is 2.68. The Hall–Kier alpha value is -0.340. The number of hydrogen-bond acceptors (Lipinski definition) is 2. The lowest BCUT2D eigenvalue weighted by molar-refractivity contribution is -0.0430. The highest BCUT2D eigenvalue weighted by molar-refractivity contribution is 5.26. The maximum absolute atomic E-state index is 2.74. The molecule has 2 nitrogen and oxygen atoms in total. The maximum Gasteiger partial charge on any atom is 0.0127 e. The van der Waals surface area contributed by atoms with Crippen LogP contribution < -0.4 is 0 Å². The van der Waals surface area contributed by atoms with Gasteiger partial charge in [0.25, 0.3) is 0 Å². The van der Waals surface area contributed by atoms with Crippen molar-refractivity contribution in [1.29, 1.82) is 0 Å². The molecule has 1 heterocycles. The number of nitrogens with zero attached hydrogens (tertiary/aromatic N) is 2. The summed E-state index contributed by atoms with van der Waals surface area (Å²) in [6.07, 6.45) is 14.4. The van der Waals surface area contributed by atoms with E-state index in [-0.39, 0.29) is 0 Å². The van der Waals surface area contributed by atoms with E-state index in [2.05, 4.69) is 50.9 Å². The van der Waals surface area contributed by atoms with Gasteiger partial charge in [-0.1, -0.05) is 18.6 Å². The van der Waals surface area contributed by atoms with Crippen molar-refractivity contribution in [3.63, 3.8) is 0 Å². The molecule has 0 amide bonds. The Morgan fingerprint density at radius 3 is 2.58 bits per heavy atom. The third kappa shape index (κ3) is 2.18. The zero-order valence-electron chi connectivity index (χ0n) is 17.8. The molecule has 2 heteroatoms. The van der Waals surface area contributed by atoms with Crippen molar-refractivity contribution in [1.82, 2.24) is 9.80 Å². The van der Waals surface area contributed by atoms with E-state index in [0.717, 1.165) is 35.8 Å². The molecule has 1 saturated heterocycles. The van der Waals surface area contributed by atoms with Crippen molar-refractivity contribution >= 4 is 0 Å². The number of rotatable bonds is 1. The molecule has 4 aliphatic carbocycles. The van der Waals surface area contributed by atoms with E-state index >= 15 is 0 Å². The van der Waals surface area contributed by atoms with E-state index in [1.807, 2.05) is 5.57 Å². The van der Waals surface area contributed by atoms with Crippen molar-refractivity contribution in [2.24, 2.45) is 34.5 Å². The Morgan fingerprint density at radius 2 is 1.81 bits per heavy atom. The number of allylic oxidation sites excluding steroid dienone is 1. The molecular weight excluding hydrogens is 316 g/mol. The summed E-state index contributed by atoms with van der Waals surface area (Å²) < 4.78 is 0. The Balaban J connectivity index is 1.45. The number of fused-ring (bicyclic) bond motifs is 4. The molecule has 0 unspecified atom stereocenters. The summed E-state index contributed by atoms with van der Waals surface area (Å²) in [5, 5.41) is 0. The van der Waals surface area contributed by atoms with Gasteiger partial charge in [0.15, 0.2) is 0 Å². The summed E-state index contributed by atoms with van der Waals surface area (Å²) in [6.45, 7) is 6.56. The molecule has 4 fully saturated rings. The molecule has 5 rings (SSSR count). The van der Waals surface area contributed by atoms with Gasteiger partial charge in [-0.25, -0.2) is 0 Å². The average Bonchev–Trinajstić information content (AvgIpc) is 3.08. The van der Waals surface area contributed by atoms with E-state index in [1.165, 1.54) is 57.9 Å². The first kappa shape index (κ1) is 17.7. The van der Waals surface area contributed by atoms with Gasteiger partial charge in [-0.15, -0.1) is 0 Å². The Bertz CT molecular complexity index is 609. The van der Waals surface area contributed by atoms with Crippen LogP contribution in [0.2, 0.25) is 0 Å². The minimum Gasteiger partial charge on any atom is -0.306 e. The predicted octanol–water partition coefficient (Wildman–Crippen LogP) is 4.81. The Kier molecular flexibility index (Phi) is 3.98. The SMILES string of the molecule is C[C@H]1[C@@H]2CC[C@@H]3[C@@H]4CC=C5C[C@@H](N(C)C)CC[C@]5(C)[C@H]4CC[C@]32CN1C. The van der Waals surface area contributed by atoms with Crippen LogP contribution in [0.15, 0.2) is 11.6 Å². The first-order chi connectivity index (χ1) is 12.4. The summed E-state index contributed by atoms with van der Waals surface area (Å²) >= 11 is 0.